The fraction of sp³-hybridized carbons (Fsp3) is 0.182. The number of nitro benzene ring substituents is 1. The van der Waals surface area contributed by atoms with Gasteiger partial charge in [-0.25, -0.2) is 8.42 Å². The smallest absolute Gasteiger partial charge is 0.322 e. The maximum atomic E-state index is 11.9. The molecular formula is C11H10N2O6S. The van der Waals surface area contributed by atoms with Gasteiger partial charge < -0.3 is 5.11 Å². The van der Waals surface area contributed by atoms with Crippen molar-refractivity contribution in [3.05, 3.63) is 34.4 Å². The molecule has 0 fully saturated rings. The quantitative estimate of drug-likeness (QED) is 0.443. The lowest BCUT2D eigenvalue weighted by Crippen LogP contribution is -2.40. The van der Waals surface area contributed by atoms with Crippen LogP contribution in [0.5, 0.6) is 0 Å². The summed E-state index contributed by atoms with van der Waals surface area (Å²) in [6, 6.07) is 2.57. The third-order valence-corrected chi connectivity index (χ3v) is 3.76. The molecule has 0 aliphatic carbocycles. The number of aliphatic carboxylic acids is 1. The first-order valence-corrected chi connectivity index (χ1v) is 6.69. The lowest BCUT2D eigenvalue weighted by Gasteiger charge is -2.12. The Morgan fingerprint density at radius 3 is 2.40 bits per heavy atom. The van der Waals surface area contributed by atoms with E-state index in [0.717, 1.165) is 24.3 Å². The van der Waals surface area contributed by atoms with E-state index in [4.69, 9.17) is 11.5 Å². The number of terminal acetylenes is 1. The highest BCUT2D eigenvalue weighted by atomic mass is 32.2. The van der Waals surface area contributed by atoms with Crippen LogP contribution >= 0.6 is 0 Å². The van der Waals surface area contributed by atoms with Gasteiger partial charge in [-0.1, -0.05) is 0 Å². The zero-order valence-corrected chi connectivity index (χ0v) is 10.8. The normalized spacial score (nSPS) is 12.3. The van der Waals surface area contributed by atoms with Crippen LogP contribution in [0.25, 0.3) is 0 Å². The summed E-state index contributed by atoms with van der Waals surface area (Å²) in [6.45, 7) is 0. The van der Waals surface area contributed by atoms with Crippen molar-refractivity contribution in [3.8, 4) is 12.3 Å². The zero-order valence-electron chi connectivity index (χ0n) is 10.0. The molecule has 0 aliphatic heterocycles. The van der Waals surface area contributed by atoms with Crippen LogP contribution in [0.1, 0.15) is 6.42 Å². The van der Waals surface area contributed by atoms with Crippen LogP contribution in [0.3, 0.4) is 0 Å². The van der Waals surface area contributed by atoms with Crippen molar-refractivity contribution in [1.29, 1.82) is 0 Å². The molecule has 0 aliphatic rings. The molecule has 106 valence electrons. The number of nitrogens with one attached hydrogen (secondary N) is 1. The SMILES string of the molecule is C#CCC(NS(=O)(=O)c1ccc([N+](=O)[O-])cc1)C(=O)O. The van der Waals surface area contributed by atoms with Crippen LogP contribution < -0.4 is 4.72 Å². The van der Waals surface area contributed by atoms with Crippen molar-refractivity contribution in [1.82, 2.24) is 4.72 Å². The predicted octanol–water partition coefficient (Wildman–Crippen LogP) is 0.350. The Hall–Kier alpha value is -2.44. The standard InChI is InChI=1S/C11H10N2O6S/c1-2-3-10(11(14)15)12-20(18,19)9-6-4-8(5-7-9)13(16)17/h1,4-7,10,12H,3H2,(H,14,15). The molecule has 0 aromatic heterocycles. The summed E-state index contributed by atoms with van der Waals surface area (Å²) in [6.07, 6.45) is 4.64. The van der Waals surface area contributed by atoms with Gasteiger partial charge in [0.25, 0.3) is 5.69 Å². The second-order valence-corrected chi connectivity index (χ2v) is 5.39. The third-order valence-electron chi connectivity index (χ3n) is 2.28. The maximum Gasteiger partial charge on any atom is 0.322 e. The highest BCUT2D eigenvalue weighted by Gasteiger charge is 2.25. The number of benzene rings is 1. The second kappa shape index (κ2) is 6.14. The van der Waals surface area contributed by atoms with Crippen molar-refractivity contribution in [3.63, 3.8) is 0 Å². The van der Waals surface area contributed by atoms with Crippen molar-refractivity contribution >= 4 is 21.7 Å². The van der Waals surface area contributed by atoms with Crippen LogP contribution in [0.15, 0.2) is 29.2 Å². The topological polar surface area (TPSA) is 127 Å². The van der Waals surface area contributed by atoms with E-state index in [0.29, 0.717) is 0 Å². The Morgan fingerprint density at radius 1 is 1.45 bits per heavy atom. The minimum absolute atomic E-state index is 0.276. The fourth-order valence-electron chi connectivity index (χ4n) is 1.30. The molecule has 0 heterocycles. The van der Waals surface area contributed by atoms with Crippen molar-refractivity contribution < 1.29 is 23.2 Å². The number of nitro groups is 1. The highest BCUT2D eigenvalue weighted by Crippen LogP contribution is 2.16. The highest BCUT2D eigenvalue weighted by molar-refractivity contribution is 7.89. The first-order chi connectivity index (χ1) is 9.27. The fourth-order valence-corrected chi connectivity index (χ4v) is 2.49. The Kier molecular flexibility index (Phi) is 4.79. The average molecular weight is 298 g/mol. The third kappa shape index (κ3) is 3.78. The molecule has 0 saturated carbocycles. The molecule has 1 unspecified atom stereocenters. The molecule has 0 spiro atoms. The Balaban J connectivity index is 3.01. The molecule has 1 aromatic rings. The Bertz CT molecular complexity index is 659. The maximum absolute atomic E-state index is 11.9. The molecule has 1 rings (SSSR count). The average Bonchev–Trinajstić information content (AvgIpc) is 2.38. The Labute approximate surface area is 114 Å². The lowest BCUT2D eigenvalue weighted by atomic mass is 10.2. The number of carbonyl (C=O) groups is 1. The van der Waals surface area contributed by atoms with E-state index >= 15 is 0 Å². The van der Waals surface area contributed by atoms with Crippen LogP contribution in [-0.2, 0) is 14.8 Å². The first-order valence-electron chi connectivity index (χ1n) is 5.21. The van der Waals surface area contributed by atoms with Gasteiger partial charge in [-0.15, -0.1) is 12.3 Å². The summed E-state index contributed by atoms with van der Waals surface area (Å²) in [5, 5.41) is 19.3. The number of non-ortho nitro benzene ring substituents is 1. The van der Waals surface area contributed by atoms with Gasteiger partial charge in [-0.05, 0) is 12.1 Å². The molecule has 0 bridgehead atoms. The van der Waals surface area contributed by atoms with Gasteiger partial charge in [0.15, 0.2) is 0 Å². The molecule has 1 atom stereocenters. The van der Waals surface area contributed by atoms with Crippen LogP contribution in [0.4, 0.5) is 5.69 Å². The van der Waals surface area contributed by atoms with E-state index < -0.39 is 27.0 Å². The van der Waals surface area contributed by atoms with Crippen molar-refractivity contribution in [2.24, 2.45) is 0 Å². The molecule has 0 amide bonds. The van der Waals surface area contributed by atoms with Gasteiger partial charge in [0.05, 0.1) is 9.82 Å². The van der Waals surface area contributed by atoms with Crippen LogP contribution in [0.2, 0.25) is 0 Å². The molecule has 0 radical (unpaired) electrons. The summed E-state index contributed by atoms with van der Waals surface area (Å²) in [4.78, 5) is 20.3. The lowest BCUT2D eigenvalue weighted by molar-refractivity contribution is -0.384. The number of hydrogen-bond acceptors (Lipinski definition) is 5. The Morgan fingerprint density at radius 2 is 2.00 bits per heavy atom. The molecule has 20 heavy (non-hydrogen) atoms. The van der Waals surface area contributed by atoms with Gasteiger partial charge in [-0.3, -0.25) is 14.9 Å². The number of nitrogens with zero attached hydrogens (tertiary/aromatic N) is 1. The van der Waals surface area contributed by atoms with Crippen molar-refractivity contribution in [2.45, 2.75) is 17.4 Å². The minimum atomic E-state index is -4.12. The van der Waals surface area contributed by atoms with Crippen LogP contribution in [0, 0.1) is 22.5 Å². The summed E-state index contributed by atoms with van der Waals surface area (Å²) < 4.78 is 25.7. The molecule has 0 saturated heterocycles. The van der Waals surface area contributed by atoms with E-state index in [2.05, 4.69) is 5.92 Å². The summed E-state index contributed by atoms with van der Waals surface area (Å²) in [5.74, 6) is 0.641. The zero-order chi connectivity index (χ0) is 15.3. The summed E-state index contributed by atoms with van der Waals surface area (Å²) >= 11 is 0. The first kappa shape index (κ1) is 15.6. The van der Waals surface area contributed by atoms with Crippen molar-refractivity contribution in [2.75, 3.05) is 0 Å². The van der Waals surface area contributed by atoms with Gasteiger partial charge in [-0.2, -0.15) is 4.72 Å². The molecule has 9 heteroatoms. The minimum Gasteiger partial charge on any atom is -0.480 e. The number of rotatable bonds is 6. The van der Waals surface area contributed by atoms with E-state index in [1.165, 1.54) is 0 Å². The van der Waals surface area contributed by atoms with E-state index in [1.54, 1.807) is 0 Å². The monoisotopic (exact) mass is 298 g/mol. The van der Waals surface area contributed by atoms with Gasteiger partial charge in [0, 0.05) is 18.6 Å². The largest absolute Gasteiger partial charge is 0.480 e. The predicted molar refractivity (Wildman–Crippen MR) is 68.3 cm³/mol. The van der Waals surface area contributed by atoms with E-state index in [9.17, 15) is 23.3 Å². The van der Waals surface area contributed by atoms with Gasteiger partial charge >= 0.3 is 5.97 Å². The van der Waals surface area contributed by atoms with E-state index in [1.807, 2.05) is 4.72 Å². The van der Waals surface area contributed by atoms with Crippen LogP contribution in [-0.4, -0.2) is 30.5 Å². The number of hydrogen-bond donors (Lipinski definition) is 2. The van der Waals surface area contributed by atoms with Gasteiger partial charge in [0.2, 0.25) is 10.0 Å². The molecular weight excluding hydrogens is 288 g/mol. The summed E-state index contributed by atoms with van der Waals surface area (Å²) in [7, 11) is -4.12. The van der Waals surface area contributed by atoms with Gasteiger partial charge in [0.1, 0.15) is 6.04 Å². The number of carboxylic acid groups (broad SMARTS) is 1. The number of carboxylic acids is 1. The summed E-state index contributed by atoms with van der Waals surface area (Å²) in [5.41, 5.74) is -0.276. The van der Waals surface area contributed by atoms with E-state index in [-0.39, 0.29) is 17.0 Å². The second-order valence-electron chi connectivity index (χ2n) is 3.67. The molecule has 2 N–H and O–H groups in total. The molecule has 8 nitrogen and oxygen atoms in total. The number of sulfonamides is 1. The molecule has 1 aromatic carbocycles.